The Bertz CT molecular complexity index is 1210. The summed E-state index contributed by atoms with van der Waals surface area (Å²) >= 11 is 12.3. The van der Waals surface area contributed by atoms with E-state index in [1.807, 2.05) is 29.2 Å². The molecule has 1 amide bonds. The van der Waals surface area contributed by atoms with Gasteiger partial charge in [-0.2, -0.15) is 0 Å². The summed E-state index contributed by atoms with van der Waals surface area (Å²) in [4.78, 5) is 15.9. The molecule has 3 nitrogen and oxygen atoms in total. The van der Waals surface area contributed by atoms with Crippen LogP contribution in [-0.2, 0) is 24.8 Å². The number of carbonyl (C=O) groups excluding carboxylic acids is 1. The quantitative estimate of drug-likeness (QED) is 0.367. The number of nitrogens with one attached hydrogen (secondary N) is 1. The molecule has 0 atom stereocenters. The van der Waals surface area contributed by atoms with Crippen LogP contribution in [0.4, 0.5) is 5.69 Å². The number of halogens is 2. The monoisotopic (exact) mass is 508 g/mol. The van der Waals surface area contributed by atoms with Crippen LogP contribution in [0, 0.1) is 6.92 Å². The number of hydrogen-bond acceptors (Lipinski definition) is 2. The maximum atomic E-state index is 14.0. The molecule has 4 rings (SSSR count). The highest BCUT2D eigenvalue weighted by molar-refractivity contribution is 6.42. The van der Waals surface area contributed by atoms with Crippen LogP contribution in [0.2, 0.25) is 10.0 Å². The van der Waals surface area contributed by atoms with Crippen LogP contribution in [0.25, 0.3) is 0 Å². The summed E-state index contributed by atoms with van der Waals surface area (Å²) in [5.41, 5.74) is 7.67. The van der Waals surface area contributed by atoms with Gasteiger partial charge >= 0.3 is 0 Å². The Balaban J connectivity index is 1.63. The Morgan fingerprint density at radius 3 is 2.37 bits per heavy atom. The molecule has 0 fully saturated rings. The standard InChI is InChI=1S/C30H34Cl2N2O/c1-20-16-23-6-5-14-33-28(23)25(17-20)29(35)34(15-13-21-9-12-26(31)27(32)18-21)19-22-7-10-24(11-8-22)30(2,3)4/h7-12,16-18,33H,5-6,13-15,19H2,1-4H3. The lowest BCUT2D eigenvalue weighted by atomic mass is 9.86. The molecule has 1 heterocycles. The van der Waals surface area contributed by atoms with E-state index in [4.69, 9.17) is 23.2 Å². The van der Waals surface area contributed by atoms with Crippen molar-refractivity contribution in [3.8, 4) is 0 Å². The molecular weight excluding hydrogens is 475 g/mol. The van der Waals surface area contributed by atoms with E-state index in [0.717, 1.165) is 47.3 Å². The van der Waals surface area contributed by atoms with Gasteiger partial charge in [0, 0.05) is 19.6 Å². The van der Waals surface area contributed by atoms with Crippen molar-refractivity contribution >= 4 is 34.8 Å². The van der Waals surface area contributed by atoms with Gasteiger partial charge in [0.25, 0.3) is 5.91 Å². The van der Waals surface area contributed by atoms with E-state index in [1.165, 1.54) is 11.1 Å². The fourth-order valence-corrected chi connectivity index (χ4v) is 4.96. The minimum atomic E-state index is 0.0549. The molecule has 3 aromatic rings. The number of fused-ring (bicyclic) bond motifs is 1. The van der Waals surface area contributed by atoms with Crippen LogP contribution in [0.3, 0.4) is 0 Å². The van der Waals surface area contributed by atoms with Crippen molar-refractivity contribution in [3.05, 3.63) is 98.0 Å². The lowest BCUT2D eigenvalue weighted by Crippen LogP contribution is -2.33. The number of hydrogen-bond donors (Lipinski definition) is 1. The highest BCUT2D eigenvalue weighted by Gasteiger charge is 2.23. The predicted molar refractivity (Wildman–Crippen MR) is 148 cm³/mol. The molecule has 0 aliphatic carbocycles. The number of rotatable bonds is 6. The zero-order valence-corrected chi connectivity index (χ0v) is 22.6. The van der Waals surface area contributed by atoms with E-state index in [2.05, 4.69) is 63.3 Å². The smallest absolute Gasteiger partial charge is 0.256 e. The third kappa shape index (κ3) is 6.20. The number of carbonyl (C=O) groups is 1. The van der Waals surface area contributed by atoms with Crippen molar-refractivity contribution in [1.82, 2.24) is 4.90 Å². The van der Waals surface area contributed by atoms with Gasteiger partial charge in [0.2, 0.25) is 0 Å². The predicted octanol–water partition coefficient (Wildman–Crippen LogP) is 7.84. The first-order chi connectivity index (χ1) is 16.6. The molecule has 0 spiro atoms. The molecule has 0 radical (unpaired) electrons. The van der Waals surface area contributed by atoms with Crippen molar-refractivity contribution in [2.24, 2.45) is 0 Å². The summed E-state index contributed by atoms with van der Waals surface area (Å²) in [6, 6.07) is 18.5. The fraction of sp³-hybridized carbons (Fsp3) is 0.367. The minimum absolute atomic E-state index is 0.0549. The van der Waals surface area contributed by atoms with Gasteiger partial charge in [0.05, 0.1) is 21.3 Å². The fourth-order valence-electron chi connectivity index (χ4n) is 4.64. The SMILES string of the molecule is Cc1cc2c(c(C(=O)N(CCc3ccc(Cl)c(Cl)c3)Cc3ccc(C(C)(C)C)cc3)c1)NCCC2. The molecule has 1 aliphatic heterocycles. The molecule has 35 heavy (non-hydrogen) atoms. The summed E-state index contributed by atoms with van der Waals surface area (Å²) in [6.45, 7) is 10.7. The van der Waals surface area contributed by atoms with Crippen molar-refractivity contribution in [2.45, 2.75) is 58.9 Å². The van der Waals surface area contributed by atoms with E-state index in [9.17, 15) is 4.79 Å². The lowest BCUT2D eigenvalue weighted by Gasteiger charge is -2.28. The minimum Gasteiger partial charge on any atom is -0.384 e. The topological polar surface area (TPSA) is 32.3 Å². The molecule has 5 heteroatoms. The van der Waals surface area contributed by atoms with Gasteiger partial charge in [-0.25, -0.2) is 0 Å². The van der Waals surface area contributed by atoms with Crippen molar-refractivity contribution in [2.75, 3.05) is 18.4 Å². The summed E-state index contributed by atoms with van der Waals surface area (Å²) in [5.74, 6) is 0.0549. The molecule has 0 bridgehead atoms. The van der Waals surface area contributed by atoms with Crippen LogP contribution in [0.5, 0.6) is 0 Å². The van der Waals surface area contributed by atoms with Crippen LogP contribution in [0.1, 0.15) is 65.4 Å². The Morgan fingerprint density at radius 2 is 1.69 bits per heavy atom. The Kier molecular flexibility index (Phi) is 7.78. The molecular formula is C30H34Cl2N2O. The first-order valence-electron chi connectivity index (χ1n) is 12.3. The largest absolute Gasteiger partial charge is 0.384 e. The van der Waals surface area contributed by atoms with E-state index in [0.29, 0.717) is 29.6 Å². The summed E-state index contributed by atoms with van der Waals surface area (Å²) in [6.07, 6.45) is 2.79. The van der Waals surface area contributed by atoms with Gasteiger partial charge in [-0.1, -0.05) is 80.4 Å². The highest BCUT2D eigenvalue weighted by atomic mass is 35.5. The van der Waals surface area contributed by atoms with Gasteiger partial charge in [-0.15, -0.1) is 0 Å². The Morgan fingerprint density at radius 1 is 0.971 bits per heavy atom. The first kappa shape index (κ1) is 25.6. The van der Waals surface area contributed by atoms with Crippen LogP contribution >= 0.6 is 23.2 Å². The van der Waals surface area contributed by atoms with Crippen LogP contribution in [0.15, 0.2) is 54.6 Å². The lowest BCUT2D eigenvalue weighted by molar-refractivity contribution is 0.0745. The Labute approximate surface area is 219 Å². The molecule has 3 aromatic carbocycles. The molecule has 0 saturated carbocycles. The zero-order chi connectivity index (χ0) is 25.2. The average Bonchev–Trinajstić information content (AvgIpc) is 2.82. The van der Waals surface area contributed by atoms with Crippen LogP contribution in [-0.4, -0.2) is 23.9 Å². The van der Waals surface area contributed by atoms with Gasteiger partial charge in [0.1, 0.15) is 0 Å². The second-order valence-corrected chi connectivity index (χ2v) is 11.4. The maximum absolute atomic E-state index is 14.0. The van der Waals surface area contributed by atoms with Crippen molar-refractivity contribution in [3.63, 3.8) is 0 Å². The molecule has 0 unspecified atom stereocenters. The molecule has 0 aromatic heterocycles. The van der Waals surface area contributed by atoms with E-state index >= 15 is 0 Å². The maximum Gasteiger partial charge on any atom is 0.256 e. The second kappa shape index (κ2) is 10.6. The van der Waals surface area contributed by atoms with E-state index < -0.39 is 0 Å². The van der Waals surface area contributed by atoms with Gasteiger partial charge in [0.15, 0.2) is 0 Å². The number of amides is 1. The number of nitrogens with zero attached hydrogens (tertiary/aromatic N) is 1. The van der Waals surface area contributed by atoms with Gasteiger partial charge < -0.3 is 10.2 Å². The van der Waals surface area contributed by atoms with Gasteiger partial charge in [-0.05, 0) is 77.6 Å². The third-order valence-corrected chi connectivity index (χ3v) is 7.39. The first-order valence-corrected chi connectivity index (χ1v) is 13.1. The Hall–Kier alpha value is -2.49. The zero-order valence-electron chi connectivity index (χ0n) is 21.1. The van der Waals surface area contributed by atoms with E-state index in [1.54, 1.807) is 0 Å². The molecule has 1 aliphatic rings. The number of aryl methyl sites for hydroxylation is 2. The molecule has 184 valence electrons. The average molecular weight is 510 g/mol. The summed E-state index contributed by atoms with van der Waals surface area (Å²) in [7, 11) is 0. The summed E-state index contributed by atoms with van der Waals surface area (Å²) < 4.78 is 0. The van der Waals surface area contributed by atoms with E-state index in [-0.39, 0.29) is 11.3 Å². The van der Waals surface area contributed by atoms with Crippen molar-refractivity contribution < 1.29 is 4.79 Å². The van der Waals surface area contributed by atoms with Gasteiger partial charge in [-0.3, -0.25) is 4.79 Å². The molecule has 1 N–H and O–H groups in total. The number of benzene rings is 3. The third-order valence-electron chi connectivity index (χ3n) is 6.65. The number of anilines is 1. The second-order valence-electron chi connectivity index (χ2n) is 10.5. The van der Waals surface area contributed by atoms with Crippen molar-refractivity contribution in [1.29, 1.82) is 0 Å². The highest BCUT2D eigenvalue weighted by Crippen LogP contribution is 2.30. The normalized spacial score (nSPS) is 13.2. The molecule has 0 saturated heterocycles. The summed E-state index contributed by atoms with van der Waals surface area (Å²) in [5, 5.41) is 4.57. The van der Waals surface area contributed by atoms with Crippen LogP contribution < -0.4 is 5.32 Å².